The maximum atomic E-state index is 12.2. The van der Waals surface area contributed by atoms with Crippen LogP contribution in [0.1, 0.15) is 38.2 Å². The Bertz CT molecular complexity index is 481. The van der Waals surface area contributed by atoms with Crippen LogP contribution in [0.4, 0.5) is 5.69 Å². The molecule has 2 nitrogen and oxygen atoms in total. The molecule has 2 rings (SSSR count). The first-order valence-corrected chi connectivity index (χ1v) is 7.91. The third-order valence-corrected chi connectivity index (χ3v) is 4.96. The molecule has 0 bridgehead atoms. The summed E-state index contributed by atoms with van der Waals surface area (Å²) in [6.07, 6.45) is 4.27. The molecule has 1 amide bonds. The van der Waals surface area contributed by atoms with Gasteiger partial charge in [-0.1, -0.05) is 18.5 Å². The minimum Gasteiger partial charge on any atom is -0.325 e. The van der Waals surface area contributed by atoms with Gasteiger partial charge in [-0.2, -0.15) is 0 Å². The topological polar surface area (TPSA) is 29.1 Å². The lowest BCUT2D eigenvalue weighted by Crippen LogP contribution is -2.26. The Morgan fingerprint density at radius 1 is 1.32 bits per heavy atom. The number of benzene rings is 1. The van der Waals surface area contributed by atoms with Gasteiger partial charge >= 0.3 is 0 Å². The molecule has 1 N–H and O–H groups in total. The Balaban J connectivity index is 2.05. The zero-order valence-corrected chi connectivity index (χ0v) is 13.6. The van der Waals surface area contributed by atoms with Gasteiger partial charge in [0, 0.05) is 15.4 Å². The molecule has 1 aromatic rings. The predicted molar refractivity (Wildman–Crippen MR) is 83.6 cm³/mol. The molecule has 0 saturated heterocycles. The van der Waals surface area contributed by atoms with E-state index in [2.05, 4.69) is 28.2 Å². The van der Waals surface area contributed by atoms with Gasteiger partial charge in [-0.05, 0) is 72.2 Å². The van der Waals surface area contributed by atoms with Gasteiger partial charge in [0.2, 0.25) is 5.91 Å². The Labute approximate surface area is 128 Å². The number of rotatable bonds is 2. The number of carbonyl (C=O) groups excluding carboxylic acids is 1. The Morgan fingerprint density at radius 2 is 1.95 bits per heavy atom. The van der Waals surface area contributed by atoms with Crippen molar-refractivity contribution in [2.75, 3.05) is 5.32 Å². The number of aryl methyl sites for hydroxylation is 1. The van der Waals surface area contributed by atoms with Gasteiger partial charge in [0.25, 0.3) is 0 Å². The van der Waals surface area contributed by atoms with Crippen LogP contribution in [0, 0.1) is 18.8 Å². The number of nitrogens with one attached hydrogen (secondary N) is 1. The van der Waals surface area contributed by atoms with Crippen LogP contribution in [0.25, 0.3) is 0 Å². The summed E-state index contributed by atoms with van der Waals surface area (Å²) in [4.78, 5) is 12.2. The van der Waals surface area contributed by atoms with Gasteiger partial charge in [-0.3, -0.25) is 4.79 Å². The van der Waals surface area contributed by atoms with Crippen molar-refractivity contribution in [1.29, 1.82) is 0 Å². The van der Waals surface area contributed by atoms with Gasteiger partial charge in [0.1, 0.15) is 0 Å². The van der Waals surface area contributed by atoms with Crippen LogP contribution in [0.15, 0.2) is 16.6 Å². The van der Waals surface area contributed by atoms with Crippen LogP contribution in [0.3, 0.4) is 0 Å². The van der Waals surface area contributed by atoms with Crippen molar-refractivity contribution in [2.24, 2.45) is 11.8 Å². The number of carbonyl (C=O) groups is 1. The lowest BCUT2D eigenvalue weighted by molar-refractivity contribution is -0.121. The van der Waals surface area contributed by atoms with Crippen molar-refractivity contribution in [3.8, 4) is 0 Å². The van der Waals surface area contributed by atoms with Crippen molar-refractivity contribution < 1.29 is 4.79 Å². The highest BCUT2D eigenvalue weighted by Crippen LogP contribution is 2.32. The van der Waals surface area contributed by atoms with Gasteiger partial charge in [0.15, 0.2) is 0 Å². The molecular formula is C15H19BrClNO. The number of halogens is 2. The third kappa shape index (κ3) is 3.73. The van der Waals surface area contributed by atoms with Gasteiger partial charge < -0.3 is 5.32 Å². The molecule has 0 atom stereocenters. The van der Waals surface area contributed by atoms with Crippen LogP contribution < -0.4 is 5.32 Å². The molecule has 4 heteroatoms. The second kappa shape index (κ2) is 6.27. The average Bonchev–Trinajstić information content (AvgIpc) is 2.36. The van der Waals surface area contributed by atoms with E-state index in [1.54, 1.807) is 0 Å². The minimum atomic E-state index is 0.118. The lowest BCUT2D eigenvalue weighted by atomic mass is 9.82. The third-order valence-electron chi connectivity index (χ3n) is 3.89. The summed E-state index contributed by atoms with van der Waals surface area (Å²) in [5, 5.41) is 3.67. The molecular weight excluding hydrogens is 326 g/mol. The largest absolute Gasteiger partial charge is 0.325 e. The molecule has 104 valence electrons. The van der Waals surface area contributed by atoms with E-state index in [9.17, 15) is 4.79 Å². The monoisotopic (exact) mass is 343 g/mol. The summed E-state index contributed by atoms with van der Waals surface area (Å²) in [5.41, 5.74) is 1.76. The summed E-state index contributed by atoms with van der Waals surface area (Å²) in [7, 11) is 0. The summed E-state index contributed by atoms with van der Waals surface area (Å²) in [6.45, 7) is 4.20. The van der Waals surface area contributed by atoms with Crippen molar-refractivity contribution in [3.63, 3.8) is 0 Å². The zero-order chi connectivity index (χ0) is 14.0. The second-order valence-electron chi connectivity index (χ2n) is 5.53. The van der Waals surface area contributed by atoms with Gasteiger partial charge in [-0.25, -0.2) is 0 Å². The molecule has 19 heavy (non-hydrogen) atoms. The van der Waals surface area contributed by atoms with Crippen molar-refractivity contribution in [2.45, 2.75) is 39.5 Å². The van der Waals surface area contributed by atoms with E-state index < -0.39 is 0 Å². The molecule has 1 aliphatic rings. The maximum Gasteiger partial charge on any atom is 0.227 e. The zero-order valence-electron chi connectivity index (χ0n) is 11.3. The van der Waals surface area contributed by atoms with E-state index in [1.165, 1.54) is 0 Å². The van der Waals surface area contributed by atoms with Crippen LogP contribution in [-0.2, 0) is 4.79 Å². The van der Waals surface area contributed by atoms with E-state index in [-0.39, 0.29) is 11.8 Å². The maximum absolute atomic E-state index is 12.2. The summed E-state index contributed by atoms with van der Waals surface area (Å²) in [6, 6.07) is 3.74. The lowest BCUT2D eigenvalue weighted by Gasteiger charge is -2.25. The Hall–Kier alpha value is -0.540. The second-order valence-corrected chi connectivity index (χ2v) is 6.79. The fourth-order valence-electron chi connectivity index (χ4n) is 2.50. The minimum absolute atomic E-state index is 0.118. The molecule has 1 saturated carbocycles. The molecule has 0 unspecified atom stereocenters. The fourth-order valence-corrected chi connectivity index (χ4v) is 3.22. The first-order chi connectivity index (χ1) is 8.97. The first-order valence-electron chi connectivity index (χ1n) is 6.74. The number of amides is 1. The molecule has 0 aromatic heterocycles. The highest BCUT2D eigenvalue weighted by atomic mass is 79.9. The van der Waals surface area contributed by atoms with Crippen LogP contribution in [-0.4, -0.2) is 5.91 Å². The van der Waals surface area contributed by atoms with E-state index >= 15 is 0 Å². The van der Waals surface area contributed by atoms with Gasteiger partial charge in [0.05, 0.1) is 5.69 Å². The predicted octanol–water partition coefficient (Wildman–Crippen LogP) is 5.18. The molecule has 0 heterocycles. The smallest absolute Gasteiger partial charge is 0.227 e. The molecule has 0 radical (unpaired) electrons. The summed E-state index contributed by atoms with van der Waals surface area (Å²) >= 11 is 9.57. The highest BCUT2D eigenvalue weighted by Gasteiger charge is 2.24. The van der Waals surface area contributed by atoms with E-state index in [0.717, 1.165) is 47.3 Å². The molecule has 0 spiro atoms. The van der Waals surface area contributed by atoms with Crippen LogP contribution in [0.5, 0.6) is 0 Å². The first kappa shape index (κ1) is 14.9. The van der Waals surface area contributed by atoms with Crippen LogP contribution >= 0.6 is 27.5 Å². The average molecular weight is 345 g/mol. The number of hydrogen-bond donors (Lipinski definition) is 1. The van der Waals surface area contributed by atoms with E-state index in [4.69, 9.17) is 11.6 Å². The van der Waals surface area contributed by atoms with Crippen molar-refractivity contribution >= 4 is 39.1 Å². The molecule has 1 aromatic carbocycles. The fraction of sp³-hybridized carbons (Fsp3) is 0.533. The quantitative estimate of drug-likeness (QED) is 0.787. The van der Waals surface area contributed by atoms with Crippen LogP contribution in [0.2, 0.25) is 5.02 Å². The number of anilines is 1. The normalized spacial score (nSPS) is 23.2. The summed E-state index contributed by atoms with van der Waals surface area (Å²) < 4.78 is 0.881. The summed E-state index contributed by atoms with van der Waals surface area (Å²) in [5.74, 6) is 1.01. The molecule has 1 aliphatic carbocycles. The SMILES string of the molecule is Cc1cc(Br)c(NC(=O)C2CCC(C)CC2)cc1Cl. The Morgan fingerprint density at radius 3 is 2.58 bits per heavy atom. The standard InChI is InChI=1S/C15H19BrClNO/c1-9-3-5-11(6-4-9)15(19)18-14-8-13(17)10(2)7-12(14)16/h7-9,11H,3-6H2,1-2H3,(H,18,19). The van der Waals surface area contributed by atoms with Crippen molar-refractivity contribution in [1.82, 2.24) is 0 Å². The molecule has 0 aliphatic heterocycles. The number of hydrogen-bond acceptors (Lipinski definition) is 1. The van der Waals surface area contributed by atoms with E-state index in [0.29, 0.717) is 5.02 Å². The van der Waals surface area contributed by atoms with Gasteiger partial charge in [-0.15, -0.1) is 0 Å². The van der Waals surface area contributed by atoms with E-state index in [1.807, 2.05) is 19.1 Å². The highest BCUT2D eigenvalue weighted by molar-refractivity contribution is 9.10. The Kier molecular flexibility index (Phi) is 4.91. The van der Waals surface area contributed by atoms with Crippen molar-refractivity contribution in [3.05, 3.63) is 27.2 Å². The molecule has 1 fully saturated rings.